The van der Waals surface area contributed by atoms with Gasteiger partial charge in [-0.15, -0.1) is 0 Å². The highest BCUT2D eigenvalue weighted by atomic mass is 32.2. The summed E-state index contributed by atoms with van der Waals surface area (Å²) >= 11 is 0. The molecule has 1 aliphatic heterocycles. The molecule has 1 aliphatic rings. The second kappa shape index (κ2) is 8.40. The van der Waals surface area contributed by atoms with E-state index in [2.05, 4.69) is 5.32 Å². The van der Waals surface area contributed by atoms with E-state index in [4.69, 9.17) is 4.74 Å². The normalized spacial score (nSPS) is 14.1. The van der Waals surface area contributed by atoms with E-state index >= 15 is 0 Å². The Kier molecular flexibility index (Phi) is 5.53. The monoisotopic (exact) mass is 391 g/mol. The lowest BCUT2D eigenvalue weighted by Gasteiger charge is -2.17. The van der Waals surface area contributed by atoms with Crippen LogP contribution in [0.15, 0.2) is 77.7 Å². The van der Waals surface area contributed by atoms with Gasteiger partial charge in [-0.3, -0.25) is 9.00 Å². The molecule has 142 valence electrons. The fourth-order valence-corrected chi connectivity index (χ4v) is 4.28. The first-order valence-electron chi connectivity index (χ1n) is 9.24. The molecule has 0 spiro atoms. The summed E-state index contributed by atoms with van der Waals surface area (Å²) in [4.78, 5) is 12.3. The number of anilines is 1. The SMILES string of the molecule is O=C1CCc2cc(OCc3ccc(CS(=O)c4ccccc4)cc3)ccc2N1. The number of fused-ring (bicyclic) bond motifs is 1. The van der Waals surface area contributed by atoms with Crippen molar-refractivity contribution < 1.29 is 13.7 Å². The Bertz CT molecular complexity index is 1000. The molecule has 4 rings (SSSR count). The molecule has 1 atom stereocenters. The fraction of sp³-hybridized carbons (Fsp3) is 0.174. The van der Waals surface area contributed by atoms with Crippen molar-refractivity contribution in [2.45, 2.75) is 30.1 Å². The lowest BCUT2D eigenvalue weighted by atomic mass is 10.0. The fourth-order valence-electron chi connectivity index (χ4n) is 3.15. The van der Waals surface area contributed by atoms with Crippen molar-refractivity contribution in [2.75, 3.05) is 5.32 Å². The van der Waals surface area contributed by atoms with Crippen LogP contribution < -0.4 is 10.1 Å². The molecule has 0 saturated carbocycles. The zero-order valence-corrected chi connectivity index (χ0v) is 16.2. The number of ether oxygens (including phenoxy) is 1. The highest BCUT2D eigenvalue weighted by Crippen LogP contribution is 2.27. The highest BCUT2D eigenvalue weighted by Gasteiger charge is 2.15. The van der Waals surface area contributed by atoms with Crippen LogP contribution in [0.25, 0.3) is 0 Å². The summed E-state index contributed by atoms with van der Waals surface area (Å²) in [5.41, 5.74) is 4.07. The van der Waals surface area contributed by atoms with E-state index in [0.29, 0.717) is 18.8 Å². The van der Waals surface area contributed by atoms with Gasteiger partial charge in [-0.1, -0.05) is 42.5 Å². The summed E-state index contributed by atoms with van der Waals surface area (Å²) in [6.45, 7) is 0.465. The molecule has 0 radical (unpaired) electrons. The van der Waals surface area contributed by atoms with Crippen molar-refractivity contribution in [1.82, 2.24) is 0 Å². The van der Waals surface area contributed by atoms with Gasteiger partial charge in [-0.25, -0.2) is 0 Å². The first-order chi connectivity index (χ1) is 13.7. The minimum Gasteiger partial charge on any atom is -0.489 e. The van der Waals surface area contributed by atoms with Crippen LogP contribution in [-0.2, 0) is 34.4 Å². The number of nitrogens with one attached hydrogen (secondary N) is 1. The number of hydrogen-bond donors (Lipinski definition) is 1. The standard InChI is InChI=1S/C23H21NO3S/c25-23-13-10-19-14-20(11-12-22(19)24-23)27-15-17-6-8-18(9-7-17)16-28(26)21-4-2-1-3-5-21/h1-9,11-12,14H,10,13,15-16H2,(H,24,25). The van der Waals surface area contributed by atoms with Crippen molar-refractivity contribution in [2.24, 2.45) is 0 Å². The summed E-state index contributed by atoms with van der Waals surface area (Å²) in [6.07, 6.45) is 1.26. The lowest BCUT2D eigenvalue weighted by molar-refractivity contribution is -0.116. The van der Waals surface area contributed by atoms with Gasteiger partial charge < -0.3 is 10.1 Å². The summed E-state index contributed by atoms with van der Waals surface area (Å²) < 4.78 is 18.3. The third-order valence-electron chi connectivity index (χ3n) is 4.70. The average molecular weight is 391 g/mol. The maximum Gasteiger partial charge on any atom is 0.224 e. The van der Waals surface area contributed by atoms with Crippen LogP contribution in [0.4, 0.5) is 5.69 Å². The lowest BCUT2D eigenvalue weighted by Crippen LogP contribution is -2.18. The van der Waals surface area contributed by atoms with E-state index in [1.165, 1.54) is 0 Å². The van der Waals surface area contributed by atoms with Crippen molar-refractivity contribution >= 4 is 22.4 Å². The Balaban J connectivity index is 1.35. The number of hydrogen-bond acceptors (Lipinski definition) is 3. The molecular weight excluding hydrogens is 370 g/mol. The van der Waals surface area contributed by atoms with Crippen LogP contribution in [0.3, 0.4) is 0 Å². The molecule has 3 aromatic carbocycles. The third-order valence-corrected chi connectivity index (χ3v) is 6.10. The van der Waals surface area contributed by atoms with E-state index in [1.807, 2.05) is 72.8 Å². The molecular formula is C23H21NO3S. The zero-order chi connectivity index (χ0) is 19.3. The Morgan fingerprint density at radius 1 is 0.893 bits per heavy atom. The highest BCUT2D eigenvalue weighted by molar-refractivity contribution is 7.84. The second-order valence-electron chi connectivity index (χ2n) is 6.78. The third kappa shape index (κ3) is 4.49. The Morgan fingerprint density at radius 2 is 1.64 bits per heavy atom. The van der Waals surface area contributed by atoms with Gasteiger partial charge in [-0.05, 0) is 53.4 Å². The van der Waals surface area contributed by atoms with Gasteiger partial charge in [0, 0.05) is 17.0 Å². The average Bonchev–Trinajstić information content (AvgIpc) is 2.74. The van der Waals surface area contributed by atoms with Crippen LogP contribution in [-0.4, -0.2) is 10.1 Å². The molecule has 0 fully saturated rings. The first-order valence-corrected chi connectivity index (χ1v) is 10.6. The topological polar surface area (TPSA) is 55.4 Å². The Labute approximate surface area is 167 Å². The minimum absolute atomic E-state index is 0.0643. The van der Waals surface area contributed by atoms with E-state index in [1.54, 1.807) is 0 Å². The van der Waals surface area contributed by atoms with Gasteiger partial charge in [0.05, 0.1) is 16.6 Å². The largest absolute Gasteiger partial charge is 0.489 e. The number of aryl methyl sites for hydroxylation is 1. The minimum atomic E-state index is -1.04. The van der Waals surface area contributed by atoms with Crippen LogP contribution in [0.2, 0.25) is 0 Å². The summed E-state index contributed by atoms with van der Waals surface area (Å²) in [7, 11) is -1.04. The van der Waals surface area contributed by atoms with E-state index in [-0.39, 0.29) is 5.91 Å². The predicted molar refractivity (Wildman–Crippen MR) is 111 cm³/mol. The first kappa shape index (κ1) is 18.4. The summed E-state index contributed by atoms with van der Waals surface area (Å²) in [6, 6.07) is 23.3. The number of carbonyl (C=O) groups excluding carboxylic acids is 1. The molecule has 4 nitrogen and oxygen atoms in total. The molecule has 0 saturated heterocycles. The predicted octanol–water partition coefficient (Wildman–Crippen LogP) is 4.46. The molecule has 0 bridgehead atoms. The molecule has 1 N–H and O–H groups in total. The van der Waals surface area contributed by atoms with Crippen molar-refractivity contribution in [3.63, 3.8) is 0 Å². The van der Waals surface area contributed by atoms with Gasteiger partial charge >= 0.3 is 0 Å². The van der Waals surface area contributed by atoms with Crippen LogP contribution >= 0.6 is 0 Å². The van der Waals surface area contributed by atoms with E-state index in [0.717, 1.165) is 39.4 Å². The quantitative estimate of drug-likeness (QED) is 0.675. The van der Waals surface area contributed by atoms with Crippen LogP contribution in [0.5, 0.6) is 5.75 Å². The van der Waals surface area contributed by atoms with Gasteiger partial charge in [0.15, 0.2) is 0 Å². The number of amides is 1. The van der Waals surface area contributed by atoms with E-state index in [9.17, 15) is 9.00 Å². The second-order valence-corrected chi connectivity index (χ2v) is 8.23. The van der Waals surface area contributed by atoms with Gasteiger partial charge in [0.25, 0.3) is 0 Å². The molecule has 5 heteroatoms. The maximum atomic E-state index is 12.4. The molecule has 3 aromatic rings. The Morgan fingerprint density at radius 3 is 2.43 bits per heavy atom. The molecule has 28 heavy (non-hydrogen) atoms. The maximum absolute atomic E-state index is 12.4. The van der Waals surface area contributed by atoms with Gasteiger partial charge in [0.1, 0.15) is 12.4 Å². The van der Waals surface area contributed by atoms with Gasteiger partial charge in [0.2, 0.25) is 5.91 Å². The summed E-state index contributed by atoms with van der Waals surface area (Å²) in [5.74, 6) is 1.36. The number of benzene rings is 3. The number of carbonyl (C=O) groups is 1. The molecule has 0 aromatic heterocycles. The van der Waals surface area contributed by atoms with Crippen LogP contribution in [0, 0.1) is 0 Å². The number of rotatable bonds is 6. The zero-order valence-electron chi connectivity index (χ0n) is 15.4. The molecule has 1 heterocycles. The van der Waals surface area contributed by atoms with Crippen molar-refractivity contribution in [1.29, 1.82) is 0 Å². The molecule has 1 unspecified atom stereocenters. The van der Waals surface area contributed by atoms with E-state index < -0.39 is 10.8 Å². The van der Waals surface area contributed by atoms with Gasteiger partial charge in [-0.2, -0.15) is 0 Å². The van der Waals surface area contributed by atoms with Crippen molar-refractivity contribution in [3.8, 4) is 5.75 Å². The van der Waals surface area contributed by atoms with Crippen molar-refractivity contribution in [3.05, 3.63) is 89.5 Å². The summed E-state index contributed by atoms with van der Waals surface area (Å²) in [5, 5.41) is 2.88. The Hall–Kier alpha value is -2.92. The van der Waals surface area contributed by atoms with Crippen LogP contribution in [0.1, 0.15) is 23.1 Å². The molecule has 0 aliphatic carbocycles. The smallest absolute Gasteiger partial charge is 0.224 e. The molecule has 1 amide bonds.